The topological polar surface area (TPSA) is 69.4 Å². The van der Waals surface area contributed by atoms with E-state index in [-0.39, 0.29) is 0 Å². The minimum Gasteiger partial charge on any atom is -0.493 e. The number of hydrogen-bond acceptors (Lipinski definition) is 6. The highest BCUT2D eigenvalue weighted by Gasteiger charge is 2.11. The Kier molecular flexibility index (Phi) is 4.35. The Morgan fingerprint density at radius 1 is 1.21 bits per heavy atom. The summed E-state index contributed by atoms with van der Waals surface area (Å²) in [6, 6.07) is 5.50. The maximum Gasteiger partial charge on any atom is 0.240 e. The van der Waals surface area contributed by atoms with Crippen molar-refractivity contribution in [2.45, 2.75) is 13.5 Å². The number of hydrogen-bond donors (Lipinski definition) is 1. The molecule has 1 N–H and O–H groups in total. The largest absolute Gasteiger partial charge is 0.493 e. The molecule has 0 aliphatic heterocycles. The monoisotopic (exact) mass is 263 g/mol. The van der Waals surface area contributed by atoms with Gasteiger partial charge >= 0.3 is 0 Å². The van der Waals surface area contributed by atoms with Crippen molar-refractivity contribution in [3.63, 3.8) is 0 Å². The van der Waals surface area contributed by atoms with Gasteiger partial charge in [0.1, 0.15) is 0 Å². The van der Waals surface area contributed by atoms with Crippen LogP contribution in [0.4, 0.5) is 0 Å². The summed E-state index contributed by atoms with van der Waals surface area (Å²) in [6.45, 7) is 3.44. The molecule has 0 spiro atoms. The third-order valence-corrected chi connectivity index (χ3v) is 2.64. The van der Waals surface area contributed by atoms with Gasteiger partial charge in [-0.1, -0.05) is 12.1 Å². The van der Waals surface area contributed by atoms with Crippen LogP contribution >= 0.6 is 0 Å². The molecule has 0 amide bonds. The van der Waals surface area contributed by atoms with Crippen LogP contribution in [0.25, 0.3) is 11.4 Å². The highest BCUT2D eigenvalue weighted by atomic mass is 16.5. The van der Waals surface area contributed by atoms with E-state index in [0.717, 1.165) is 12.1 Å². The second-order valence-electron chi connectivity index (χ2n) is 3.86. The summed E-state index contributed by atoms with van der Waals surface area (Å²) in [6.07, 6.45) is 0. The Balaban J connectivity index is 2.23. The zero-order valence-corrected chi connectivity index (χ0v) is 11.3. The van der Waals surface area contributed by atoms with Crippen LogP contribution in [0.2, 0.25) is 0 Å². The summed E-state index contributed by atoms with van der Waals surface area (Å²) >= 11 is 0. The van der Waals surface area contributed by atoms with Crippen LogP contribution in [0.15, 0.2) is 22.7 Å². The second-order valence-corrected chi connectivity index (χ2v) is 3.86. The summed E-state index contributed by atoms with van der Waals surface area (Å²) in [5, 5.41) is 7.08. The van der Waals surface area contributed by atoms with Crippen LogP contribution in [0.1, 0.15) is 12.8 Å². The summed E-state index contributed by atoms with van der Waals surface area (Å²) < 4.78 is 15.6. The van der Waals surface area contributed by atoms with Crippen LogP contribution in [-0.2, 0) is 6.54 Å². The van der Waals surface area contributed by atoms with Crippen molar-refractivity contribution in [3.05, 3.63) is 24.1 Å². The van der Waals surface area contributed by atoms with E-state index in [1.807, 2.05) is 25.1 Å². The smallest absolute Gasteiger partial charge is 0.240 e. The Hall–Kier alpha value is -2.08. The molecule has 0 atom stereocenters. The van der Waals surface area contributed by atoms with Crippen molar-refractivity contribution < 1.29 is 14.0 Å². The van der Waals surface area contributed by atoms with Crippen molar-refractivity contribution in [3.8, 4) is 22.9 Å². The fourth-order valence-electron chi connectivity index (χ4n) is 1.65. The second kappa shape index (κ2) is 6.19. The van der Waals surface area contributed by atoms with E-state index in [1.54, 1.807) is 14.2 Å². The fraction of sp³-hybridized carbons (Fsp3) is 0.385. The molecule has 0 saturated heterocycles. The lowest BCUT2D eigenvalue weighted by Gasteiger charge is -2.07. The average Bonchev–Trinajstić information content (AvgIpc) is 2.93. The molecule has 19 heavy (non-hydrogen) atoms. The van der Waals surface area contributed by atoms with E-state index in [1.165, 1.54) is 0 Å². The van der Waals surface area contributed by atoms with Gasteiger partial charge in [-0.2, -0.15) is 4.98 Å². The molecule has 0 fully saturated rings. The van der Waals surface area contributed by atoms with Gasteiger partial charge in [-0.05, 0) is 24.7 Å². The predicted octanol–water partition coefficient (Wildman–Crippen LogP) is 1.86. The normalized spacial score (nSPS) is 10.5. The van der Waals surface area contributed by atoms with Crippen LogP contribution in [-0.4, -0.2) is 30.9 Å². The molecule has 2 rings (SSSR count). The summed E-state index contributed by atoms with van der Waals surface area (Å²) in [5.74, 6) is 2.40. The molecule has 2 aromatic rings. The number of nitrogens with zero attached hydrogens (tertiary/aromatic N) is 2. The van der Waals surface area contributed by atoms with Gasteiger partial charge in [0.15, 0.2) is 11.5 Å². The van der Waals surface area contributed by atoms with Gasteiger partial charge in [-0.25, -0.2) is 0 Å². The molecule has 0 saturated carbocycles. The van der Waals surface area contributed by atoms with Crippen LogP contribution in [0, 0.1) is 0 Å². The van der Waals surface area contributed by atoms with E-state index in [0.29, 0.717) is 29.8 Å². The number of methoxy groups -OCH3 is 2. The van der Waals surface area contributed by atoms with Crippen molar-refractivity contribution in [2.24, 2.45) is 0 Å². The molecule has 0 bridgehead atoms. The summed E-state index contributed by atoms with van der Waals surface area (Å²) in [4.78, 5) is 4.31. The van der Waals surface area contributed by atoms with E-state index >= 15 is 0 Å². The first kappa shape index (κ1) is 13.4. The number of ether oxygens (including phenoxy) is 2. The van der Waals surface area contributed by atoms with Crippen molar-refractivity contribution in [1.29, 1.82) is 0 Å². The number of nitrogens with one attached hydrogen (secondary N) is 1. The first-order valence-corrected chi connectivity index (χ1v) is 6.04. The molecule has 0 aliphatic rings. The lowest BCUT2D eigenvalue weighted by atomic mass is 10.2. The van der Waals surface area contributed by atoms with Crippen LogP contribution in [0.5, 0.6) is 11.5 Å². The van der Waals surface area contributed by atoms with Crippen LogP contribution < -0.4 is 14.8 Å². The van der Waals surface area contributed by atoms with Gasteiger partial charge in [-0.3, -0.25) is 0 Å². The van der Waals surface area contributed by atoms with Crippen molar-refractivity contribution >= 4 is 0 Å². The van der Waals surface area contributed by atoms with Gasteiger partial charge in [0.2, 0.25) is 11.7 Å². The third kappa shape index (κ3) is 3.03. The van der Waals surface area contributed by atoms with E-state index in [9.17, 15) is 0 Å². The first-order chi connectivity index (χ1) is 9.28. The average molecular weight is 263 g/mol. The minimum atomic E-state index is 0.536. The Morgan fingerprint density at radius 2 is 2.00 bits per heavy atom. The Labute approximate surface area is 111 Å². The lowest BCUT2D eigenvalue weighted by Crippen LogP contribution is -2.11. The quantitative estimate of drug-likeness (QED) is 0.858. The number of benzene rings is 1. The molecule has 0 unspecified atom stereocenters. The van der Waals surface area contributed by atoms with Gasteiger partial charge in [-0.15, -0.1) is 0 Å². The molecule has 1 heterocycles. The highest BCUT2D eigenvalue weighted by Crippen LogP contribution is 2.31. The Morgan fingerprint density at radius 3 is 2.68 bits per heavy atom. The number of rotatable bonds is 6. The first-order valence-electron chi connectivity index (χ1n) is 6.04. The van der Waals surface area contributed by atoms with Gasteiger partial charge < -0.3 is 19.3 Å². The van der Waals surface area contributed by atoms with Gasteiger partial charge in [0, 0.05) is 5.56 Å². The molecule has 6 heteroatoms. The molecular weight excluding hydrogens is 246 g/mol. The third-order valence-electron chi connectivity index (χ3n) is 2.64. The van der Waals surface area contributed by atoms with E-state index in [2.05, 4.69) is 15.5 Å². The number of aromatic nitrogens is 2. The van der Waals surface area contributed by atoms with Gasteiger partial charge in [0.25, 0.3) is 0 Å². The maximum atomic E-state index is 5.25. The van der Waals surface area contributed by atoms with Crippen molar-refractivity contribution in [2.75, 3.05) is 20.8 Å². The lowest BCUT2D eigenvalue weighted by molar-refractivity contribution is 0.355. The van der Waals surface area contributed by atoms with Crippen LogP contribution in [0.3, 0.4) is 0 Å². The standard InChI is InChI=1S/C13H17N3O3/c1-4-14-8-12-15-13(16-19-12)9-5-6-10(17-2)11(7-9)18-3/h5-7,14H,4,8H2,1-3H3. The molecule has 1 aromatic heterocycles. The molecular formula is C13H17N3O3. The molecule has 1 aromatic carbocycles. The summed E-state index contributed by atoms with van der Waals surface area (Å²) in [5.41, 5.74) is 0.823. The molecule has 102 valence electrons. The van der Waals surface area contributed by atoms with E-state index in [4.69, 9.17) is 14.0 Å². The predicted molar refractivity (Wildman–Crippen MR) is 70.2 cm³/mol. The van der Waals surface area contributed by atoms with Crippen molar-refractivity contribution in [1.82, 2.24) is 15.5 Å². The molecule has 0 aliphatic carbocycles. The Bertz CT molecular complexity index is 540. The zero-order valence-electron chi connectivity index (χ0n) is 11.3. The minimum absolute atomic E-state index is 0.536. The maximum absolute atomic E-state index is 5.25. The van der Waals surface area contributed by atoms with E-state index < -0.39 is 0 Å². The highest BCUT2D eigenvalue weighted by molar-refractivity contribution is 5.60. The molecule has 6 nitrogen and oxygen atoms in total. The fourth-order valence-corrected chi connectivity index (χ4v) is 1.65. The van der Waals surface area contributed by atoms with Gasteiger partial charge in [0.05, 0.1) is 20.8 Å². The SMILES string of the molecule is CCNCc1nc(-c2ccc(OC)c(OC)c2)no1. The molecule has 0 radical (unpaired) electrons. The zero-order chi connectivity index (χ0) is 13.7. The summed E-state index contributed by atoms with van der Waals surface area (Å²) in [7, 11) is 3.19.